The number of benzene rings is 2. The molecule has 3 amide bonds. The summed E-state index contributed by atoms with van der Waals surface area (Å²) in [6.45, 7) is 1.73. The first-order valence-electron chi connectivity index (χ1n) is 12.5. The van der Waals surface area contributed by atoms with Crippen LogP contribution in [0.25, 0.3) is 5.57 Å². The zero-order valence-electron chi connectivity index (χ0n) is 20.2. The number of hydrogen-bond acceptors (Lipinski definition) is 4. The topological polar surface area (TPSA) is 86.4 Å². The largest absolute Gasteiger partial charge is 0.334 e. The lowest BCUT2D eigenvalue weighted by molar-refractivity contribution is -0.121. The molecule has 0 saturated carbocycles. The van der Waals surface area contributed by atoms with E-state index < -0.39 is 0 Å². The molecule has 1 atom stereocenters. The number of amides is 3. The van der Waals surface area contributed by atoms with Gasteiger partial charge in [-0.25, -0.2) is 4.79 Å². The summed E-state index contributed by atoms with van der Waals surface area (Å²) in [5.41, 5.74) is 6.57. The number of hydrogen-bond donors (Lipinski definition) is 3. The number of anilines is 1. The van der Waals surface area contributed by atoms with E-state index in [0.29, 0.717) is 13.1 Å². The van der Waals surface area contributed by atoms with Gasteiger partial charge < -0.3 is 16.0 Å². The van der Waals surface area contributed by atoms with E-state index in [4.69, 9.17) is 0 Å². The second-order valence-corrected chi connectivity index (χ2v) is 9.39. The lowest BCUT2D eigenvalue weighted by Crippen LogP contribution is -2.41. The van der Waals surface area contributed by atoms with Gasteiger partial charge in [0.25, 0.3) is 0 Å². The van der Waals surface area contributed by atoms with Gasteiger partial charge in [0.05, 0.1) is 6.54 Å². The lowest BCUT2D eigenvalue weighted by atomic mass is 9.85. The summed E-state index contributed by atoms with van der Waals surface area (Å²) in [6.07, 6.45) is 6.93. The highest BCUT2D eigenvalue weighted by molar-refractivity contribution is 5.89. The van der Waals surface area contributed by atoms with Gasteiger partial charge in [0.15, 0.2) is 0 Å². The van der Waals surface area contributed by atoms with Gasteiger partial charge in [-0.3, -0.25) is 14.7 Å². The third-order valence-corrected chi connectivity index (χ3v) is 6.75. The Morgan fingerprint density at radius 3 is 2.61 bits per heavy atom. The first kappa shape index (κ1) is 23.8. The number of rotatable bonds is 7. The monoisotopic (exact) mass is 481 g/mol. The molecule has 0 spiro atoms. The Bertz CT molecular complexity index is 1240. The summed E-state index contributed by atoms with van der Waals surface area (Å²) in [7, 11) is 0. The van der Waals surface area contributed by atoms with E-state index in [2.05, 4.69) is 56.2 Å². The van der Waals surface area contributed by atoms with Gasteiger partial charge in [-0.15, -0.1) is 0 Å². The molecule has 1 fully saturated rings. The van der Waals surface area contributed by atoms with Crippen molar-refractivity contribution in [1.29, 1.82) is 0 Å². The molecule has 1 aliphatic heterocycles. The minimum absolute atomic E-state index is 0.0116. The van der Waals surface area contributed by atoms with E-state index in [1.54, 1.807) is 6.20 Å². The molecular weight excluding hydrogens is 450 g/mol. The average molecular weight is 482 g/mol. The lowest BCUT2D eigenvalue weighted by Gasteiger charge is -2.25. The van der Waals surface area contributed by atoms with Crippen LogP contribution >= 0.6 is 0 Å². The third-order valence-electron chi connectivity index (χ3n) is 6.75. The Balaban J connectivity index is 1.20. The molecule has 184 valence electrons. The summed E-state index contributed by atoms with van der Waals surface area (Å²) < 4.78 is 0. The van der Waals surface area contributed by atoms with Crippen molar-refractivity contribution in [1.82, 2.24) is 20.5 Å². The number of carbonyl (C=O) groups is 2. The molecule has 2 aromatic carbocycles. The van der Waals surface area contributed by atoms with Crippen molar-refractivity contribution in [3.63, 3.8) is 0 Å². The Morgan fingerprint density at radius 1 is 0.944 bits per heavy atom. The number of carbonyl (C=O) groups excluding carboxylic acids is 2. The van der Waals surface area contributed by atoms with E-state index in [1.807, 2.05) is 42.6 Å². The molecule has 5 rings (SSSR count). The summed E-state index contributed by atoms with van der Waals surface area (Å²) >= 11 is 0. The standard InChI is InChI=1S/C29H31N5O2/c35-28(20-34-16-14-24(19-34)32-29(36)31-23-9-2-1-3-10-23)33-27-13-12-22-8-4-5-11-25(22)26(27)17-21-7-6-15-30-18-21/h1-11,15,18,24H,12-14,16-17,19-20H2,(H,33,35)(H2,31,32,36). The molecule has 1 aromatic heterocycles. The van der Waals surface area contributed by atoms with Crippen LogP contribution in [-0.4, -0.2) is 47.5 Å². The third kappa shape index (κ3) is 5.98. The minimum Gasteiger partial charge on any atom is -0.334 e. The zero-order chi connectivity index (χ0) is 24.7. The predicted octanol–water partition coefficient (Wildman–Crippen LogP) is 3.99. The zero-order valence-corrected chi connectivity index (χ0v) is 20.2. The molecule has 1 saturated heterocycles. The molecule has 3 aromatic rings. The summed E-state index contributed by atoms with van der Waals surface area (Å²) in [5, 5.41) is 9.10. The molecule has 36 heavy (non-hydrogen) atoms. The second kappa shape index (κ2) is 11.2. The van der Waals surface area contributed by atoms with Gasteiger partial charge in [0.1, 0.15) is 0 Å². The smallest absolute Gasteiger partial charge is 0.319 e. The predicted molar refractivity (Wildman–Crippen MR) is 141 cm³/mol. The van der Waals surface area contributed by atoms with Gasteiger partial charge in [0, 0.05) is 49.3 Å². The number of aromatic nitrogens is 1. The Morgan fingerprint density at radius 2 is 1.78 bits per heavy atom. The number of likely N-dealkylation sites (tertiary alicyclic amines) is 1. The maximum atomic E-state index is 13.0. The molecule has 0 bridgehead atoms. The summed E-state index contributed by atoms with van der Waals surface area (Å²) in [4.78, 5) is 31.7. The van der Waals surface area contributed by atoms with Gasteiger partial charge in [-0.1, -0.05) is 48.5 Å². The molecule has 3 N–H and O–H groups in total. The molecule has 7 nitrogen and oxygen atoms in total. The Hall–Kier alpha value is -3.97. The summed E-state index contributed by atoms with van der Waals surface area (Å²) in [6, 6.07) is 21.6. The van der Waals surface area contributed by atoms with E-state index >= 15 is 0 Å². The SMILES string of the molecule is O=C(CN1CCC(NC(=O)Nc2ccccc2)C1)NC1=C(Cc2cccnc2)c2ccccc2CC1. The van der Waals surface area contributed by atoms with E-state index in [0.717, 1.165) is 54.7 Å². The van der Waals surface area contributed by atoms with Gasteiger partial charge in [0.2, 0.25) is 5.91 Å². The maximum Gasteiger partial charge on any atom is 0.319 e. The van der Waals surface area contributed by atoms with E-state index in [1.165, 1.54) is 11.1 Å². The number of aryl methyl sites for hydroxylation is 1. The van der Waals surface area contributed by atoms with Crippen molar-refractivity contribution in [2.45, 2.75) is 31.7 Å². The van der Waals surface area contributed by atoms with Crippen LogP contribution in [0.1, 0.15) is 29.5 Å². The molecule has 1 unspecified atom stereocenters. The normalized spacial score (nSPS) is 17.4. The number of fused-ring (bicyclic) bond motifs is 1. The number of nitrogens with one attached hydrogen (secondary N) is 3. The van der Waals surface area contributed by atoms with Crippen LogP contribution in [0, 0.1) is 0 Å². The van der Waals surface area contributed by atoms with Crippen molar-refractivity contribution in [2.24, 2.45) is 0 Å². The Kier molecular flexibility index (Phi) is 7.38. The number of urea groups is 1. The van der Waals surface area contributed by atoms with Gasteiger partial charge >= 0.3 is 6.03 Å². The van der Waals surface area contributed by atoms with Gasteiger partial charge in [-0.2, -0.15) is 0 Å². The van der Waals surface area contributed by atoms with Gasteiger partial charge in [-0.05, 0) is 59.7 Å². The number of allylic oxidation sites excluding steroid dienone is 2. The van der Waals surface area contributed by atoms with Crippen LogP contribution in [0.4, 0.5) is 10.5 Å². The molecule has 2 aliphatic rings. The minimum atomic E-state index is -0.219. The number of para-hydroxylation sites is 1. The second-order valence-electron chi connectivity index (χ2n) is 9.39. The van der Waals surface area contributed by atoms with Crippen LogP contribution < -0.4 is 16.0 Å². The van der Waals surface area contributed by atoms with Crippen LogP contribution in [0.5, 0.6) is 0 Å². The fourth-order valence-electron chi connectivity index (χ4n) is 5.03. The van der Waals surface area contributed by atoms with Crippen LogP contribution in [0.15, 0.2) is 84.8 Å². The molecule has 7 heteroatoms. The molecule has 0 radical (unpaired) electrons. The number of pyridine rings is 1. The highest BCUT2D eigenvalue weighted by Crippen LogP contribution is 2.32. The fourth-order valence-corrected chi connectivity index (χ4v) is 5.03. The van der Waals surface area contributed by atoms with Crippen LogP contribution in [0.3, 0.4) is 0 Å². The Labute approximate surface area is 211 Å². The van der Waals surface area contributed by atoms with E-state index in [-0.39, 0.29) is 18.0 Å². The van der Waals surface area contributed by atoms with Crippen LogP contribution in [0.2, 0.25) is 0 Å². The molecule has 2 heterocycles. The van der Waals surface area contributed by atoms with Crippen molar-refractivity contribution < 1.29 is 9.59 Å². The van der Waals surface area contributed by atoms with Crippen molar-refractivity contribution in [2.75, 3.05) is 25.0 Å². The van der Waals surface area contributed by atoms with Crippen LogP contribution in [-0.2, 0) is 17.6 Å². The quantitative estimate of drug-likeness (QED) is 0.476. The highest BCUT2D eigenvalue weighted by atomic mass is 16.2. The molecular formula is C29H31N5O2. The first-order chi connectivity index (χ1) is 17.6. The number of nitrogens with zero attached hydrogens (tertiary/aromatic N) is 2. The first-order valence-corrected chi connectivity index (χ1v) is 12.5. The fraction of sp³-hybridized carbons (Fsp3) is 0.276. The highest BCUT2D eigenvalue weighted by Gasteiger charge is 2.26. The maximum absolute atomic E-state index is 13.0. The molecule has 1 aliphatic carbocycles. The van der Waals surface area contributed by atoms with Crippen molar-refractivity contribution >= 4 is 23.2 Å². The van der Waals surface area contributed by atoms with Crippen molar-refractivity contribution in [3.8, 4) is 0 Å². The van der Waals surface area contributed by atoms with E-state index in [9.17, 15) is 9.59 Å². The van der Waals surface area contributed by atoms with Crippen molar-refractivity contribution in [3.05, 3.63) is 102 Å². The summed E-state index contributed by atoms with van der Waals surface area (Å²) in [5.74, 6) is -0.0116. The average Bonchev–Trinajstić information content (AvgIpc) is 3.32.